The van der Waals surface area contributed by atoms with E-state index < -0.39 is 9.84 Å². The largest absolute Gasteiger partial charge is 0.381 e. The van der Waals surface area contributed by atoms with Crippen LogP contribution in [0.1, 0.15) is 30.1 Å². The molecule has 10 heteroatoms. The highest BCUT2D eigenvalue weighted by Crippen LogP contribution is 2.30. The molecule has 0 saturated carbocycles. The van der Waals surface area contributed by atoms with E-state index in [1.165, 1.54) is 6.26 Å². The van der Waals surface area contributed by atoms with E-state index in [0.29, 0.717) is 17.5 Å². The van der Waals surface area contributed by atoms with E-state index >= 15 is 0 Å². The van der Waals surface area contributed by atoms with Gasteiger partial charge in [-0.1, -0.05) is 6.07 Å². The topological polar surface area (TPSA) is 111 Å². The molecule has 0 bridgehead atoms. The highest BCUT2D eigenvalue weighted by Gasteiger charge is 2.22. The van der Waals surface area contributed by atoms with Gasteiger partial charge in [0.1, 0.15) is 11.6 Å². The second kappa shape index (κ2) is 8.64. The van der Waals surface area contributed by atoms with Crippen LogP contribution >= 0.6 is 0 Å². The molecule has 0 atom stereocenters. The lowest BCUT2D eigenvalue weighted by Crippen LogP contribution is -2.21. The number of nitrogens with zero attached hydrogens (tertiary/aromatic N) is 4. The summed E-state index contributed by atoms with van der Waals surface area (Å²) in [5, 5.41) is 11.2. The molecule has 4 rings (SSSR count). The highest BCUT2D eigenvalue weighted by atomic mass is 32.2. The Kier molecular flexibility index (Phi) is 5.92. The van der Waals surface area contributed by atoms with Gasteiger partial charge in [0.2, 0.25) is 5.95 Å². The normalized spacial score (nSPS) is 15.1. The monoisotopic (exact) mass is 442 g/mol. The van der Waals surface area contributed by atoms with Crippen molar-refractivity contribution in [2.45, 2.75) is 37.6 Å². The summed E-state index contributed by atoms with van der Waals surface area (Å²) in [7, 11) is -3.30. The van der Waals surface area contributed by atoms with Crippen molar-refractivity contribution in [2.24, 2.45) is 0 Å². The molecule has 2 N–H and O–H groups in total. The molecule has 9 nitrogen and oxygen atoms in total. The van der Waals surface area contributed by atoms with Gasteiger partial charge in [-0.05, 0) is 51.0 Å². The van der Waals surface area contributed by atoms with Gasteiger partial charge in [0.15, 0.2) is 9.84 Å². The van der Waals surface area contributed by atoms with Gasteiger partial charge in [-0.2, -0.15) is 10.1 Å². The minimum atomic E-state index is -3.30. The third kappa shape index (κ3) is 4.86. The predicted octanol–water partition coefficient (Wildman–Crippen LogP) is 3.53. The Balaban J connectivity index is 1.58. The van der Waals surface area contributed by atoms with Crippen molar-refractivity contribution in [1.29, 1.82) is 0 Å². The van der Waals surface area contributed by atoms with Crippen LogP contribution in [0.2, 0.25) is 0 Å². The van der Waals surface area contributed by atoms with E-state index in [9.17, 15) is 8.42 Å². The SMILES string of the molecule is Cc1nn(C2CCOCC2)c(Nc2ccnc(Nc3cccc(S(C)(=O)=O)c3)n2)c1C. The Morgan fingerprint density at radius 1 is 1.13 bits per heavy atom. The van der Waals surface area contributed by atoms with Crippen molar-refractivity contribution in [1.82, 2.24) is 19.7 Å². The van der Waals surface area contributed by atoms with Crippen molar-refractivity contribution < 1.29 is 13.2 Å². The standard InChI is InChI=1S/C21H26N6O3S/c1-14-15(2)26-27(17-8-11-30-12-9-17)20(14)24-19-7-10-22-21(25-19)23-16-5-4-6-18(13-16)31(3,28)29/h4-7,10,13,17H,8-9,11-12H2,1-3H3,(H2,22,23,24,25). The molecule has 0 radical (unpaired) electrons. The van der Waals surface area contributed by atoms with Crippen LogP contribution in [0.4, 0.5) is 23.3 Å². The fraction of sp³-hybridized carbons (Fsp3) is 0.381. The number of aryl methyl sites for hydroxylation is 1. The number of anilines is 4. The summed E-state index contributed by atoms with van der Waals surface area (Å²) in [4.78, 5) is 9.04. The van der Waals surface area contributed by atoms with Crippen LogP contribution in [0.25, 0.3) is 0 Å². The molecule has 0 spiro atoms. The van der Waals surface area contributed by atoms with Crippen molar-refractivity contribution >= 4 is 33.1 Å². The van der Waals surface area contributed by atoms with Crippen molar-refractivity contribution in [3.63, 3.8) is 0 Å². The first-order valence-electron chi connectivity index (χ1n) is 10.1. The summed E-state index contributed by atoms with van der Waals surface area (Å²) in [5.74, 6) is 1.89. The van der Waals surface area contributed by atoms with E-state index in [2.05, 4.69) is 20.6 Å². The second-order valence-corrected chi connectivity index (χ2v) is 9.68. The number of hydrogen-bond acceptors (Lipinski definition) is 8. The van der Waals surface area contributed by atoms with Gasteiger partial charge in [-0.3, -0.25) is 0 Å². The minimum absolute atomic E-state index is 0.234. The Hall–Kier alpha value is -2.98. The van der Waals surface area contributed by atoms with E-state index in [4.69, 9.17) is 9.84 Å². The van der Waals surface area contributed by atoms with Gasteiger partial charge in [0.25, 0.3) is 0 Å². The average Bonchev–Trinajstić information content (AvgIpc) is 3.03. The molecule has 0 amide bonds. The zero-order valence-electron chi connectivity index (χ0n) is 17.8. The third-order valence-electron chi connectivity index (χ3n) is 5.34. The summed E-state index contributed by atoms with van der Waals surface area (Å²) in [5.41, 5.74) is 2.64. The van der Waals surface area contributed by atoms with E-state index in [1.54, 1.807) is 36.5 Å². The smallest absolute Gasteiger partial charge is 0.229 e. The van der Waals surface area contributed by atoms with Crippen LogP contribution in [-0.2, 0) is 14.6 Å². The molecular weight excluding hydrogens is 416 g/mol. The van der Waals surface area contributed by atoms with E-state index in [1.807, 2.05) is 18.5 Å². The first-order chi connectivity index (χ1) is 14.8. The first-order valence-corrected chi connectivity index (χ1v) is 12.0. The number of benzene rings is 1. The molecule has 1 saturated heterocycles. The lowest BCUT2D eigenvalue weighted by molar-refractivity contribution is 0.0668. The van der Waals surface area contributed by atoms with Crippen LogP contribution in [0, 0.1) is 13.8 Å². The molecule has 1 aromatic carbocycles. The lowest BCUT2D eigenvalue weighted by atomic mass is 10.1. The number of nitrogens with one attached hydrogen (secondary N) is 2. The number of ether oxygens (including phenoxy) is 1. The number of hydrogen-bond donors (Lipinski definition) is 2. The van der Waals surface area contributed by atoms with Gasteiger partial charge in [-0.15, -0.1) is 0 Å². The Morgan fingerprint density at radius 2 is 1.90 bits per heavy atom. The van der Waals surface area contributed by atoms with Crippen LogP contribution < -0.4 is 10.6 Å². The number of aromatic nitrogens is 4. The Bertz CT molecular complexity index is 1190. The van der Waals surface area contributed by atoms with Gasteiger partial charge in [-0.25, -0.2) is 18.1 Å². The van der Waals surface area contributed by atoms with Crippen molar-refractivity contribution in [3.05, 3.63) is 47.8 Å². The van der Waals surface area contributed by atoms with Crippen molar-refractivity contribution in [3.8, 4) is 0 Å². The second-order valence-electron chi connectivity index (χ2n) is 7.66. The molecule has 0 aliphatic carbocycles. The van der Waals surface area contributed by atoms with Gasteiger partial charge < -0.3 is 15.4 Å². The number of sulfone groups is 1. The summed E-state index contributed by atoms with van der Waals surface area (Å²) < 4.78 is 31.1. The molecule has 1 aliphatic heterocycles. The molecule has 3 aromatic rings. The van der Waals surface area contributed by atoms with Crippen LogP contribution in [0.15, 0.2) is 41.4 Å². The number of rotatable bonds is 6. The molecule has 3 heterocycles. The van der Waals surface area contributed by atoms with Crippen LogP contribution in [0.5, 0.6) is 0 Å². The van der Waals surface area contributed by atoms with Gasteiger partial charge >= 0.3 is 0 Å². The maximum absolute atomic E-state index is 11.8. The quantitative estimate of drug-likeness (QED) is 0.596. The maximum atomic E-state index is 11.8. The molecule has 2 aromatic heterocycles. The molecule has 0 unspecified atom stereocenters. The lowest BCUT2D eigenvalue weighted by Gasteiger charge is -2.24. The molecule has 164 valence electrons. The third-order valence-corrected chi connectivity index (χ3v) is 6.45. The highest BCUT2D eigenvalue weighted by molar-refractivity contribution is 7.90. The molecule has 31 heavy (non-hydrogen) atoms. The van der Waals surface area contributed by atoms with Crippen LogP contribution in [0.3, 0.4) is 0 Å². The van der Waals surface area contributed by atoms with Gasteiger partial charge in [0.05, 0.1) is 16.6 Å². The van der Waals surface area contributed by atoms with Crippen molar-refractivity contribution in [2.75, 3.05) is 30.1 Å². The zero-order chi connectivity index (χ0) is 22.0. The minimum Gasteiger partial charge on any atom is -0.381 e. The average molecular weight is 443 g/mol. The fourth-order valence-corrected chi connectivity index (χ4v) is 4.18. The fourth-order valence-electron chi connectivity index (χ4n) is 3.52. The zero-order valence-corrected chi connectivity index (χ0v) is 18.6. The summed E-state index contributed by atoms with van der Waals surface area (Å²) in [6, 6.07) is 8.63. The summed E-state index contributed by atoms with van der Waals surface area (Å²) in [6.45, 7) is 5.50. The molecule has 1 fully saturated rings. The molecular formula is C21H26N6O3S. The predicted molar refractivity (Wildman–Crippen MR) is 119 cm³/mol. The van der Waals surface area contributed by atoms with E-state index in [0.717, 1.165) is 43.1 Å². The van der Waals surface area contributed by atoms with Crippen LogP contribution in [-0.4, -0.2) is 47.6 Å². The summed E-state index contributed by atoms with van der Waals surface area (Å²) in [6.07, 6.45) is 4.67. The maximum Gasteiger partial charge on any atom is 0.229 e. The Morgan fingerprint density at radius 3 is 2.65 bits per heavy atom. The first kappa shape index (κ1) is 21.3. The van der Waals surface area contributed by atoms with Gasteiger partial charge in [0, 0.05) is 36.9 Å². The Labute approximate surface area is 181 Å². The molecule has 1 aliphatic rings. The summed E-state index contributed by atoms with van der Waals surface area (Å²) >= 11 is 0. The van der Waals surface area contributed by atoms with E-state index in [-0.39, 0.29) is 10.9 Å².